The van der Waals surface area contributed by atoms with Crippen molar-refractivity contribution in [2.45, 2.75) is 25.8 Å². The third-order valence-electron chi connectivity index (χ3n) is 2.56. The van der Waals surface area contributed by atoms with Crippen molar-refractivity contribution in [2.75, 3.05) is 26.2 Å². The van der Waals surface area contributed by atoms with Crippen LogP contribution in [0.2, 0.25) is 0 Å². The summed E-state index contributed by atoms with van der Waals surface area (Å²) in [5.41, 5.74) is 5.52. The maximum atomic E-state index is 11.1. The van der Waals surface area contributed by atoms with Gasteiger partial charge in [0.15, 0.2) is 0 Å². The molecule has 4 nitrogen and oxygen atoms in total. The highest BCUT2D eigenvalue weighted by Gasteiger charge is 2.21. The van der Waals surface area contributed by atoms with Gasteiger partial charge in [0.1, 0.15) is 0 Å². The van der Waals surface area contributed by atoms with Crippen molar-refractivity contribution in [3.05, 3.63) is 0 Å². The number of nitrogens with two attached hydrogens (primary N) is 1. The Labute approximate surface area is 79.5 Å². The zero-order valence-corrected chi connectivity index (χ0v) is 8.25. The fourth-order valence-electron chi connectivity index (χ4n) is 1.81. The van der Waals surface area contributed by atoms with Crippen LogP contribution in [0, 0.1) is 0 Å². The number of amides is 1. The fraction of sp³-hybridized carbons (Fsp3) is 0.889. The molecule has 1 amide bonds. The molecule has 0 aromatic heterocycles. The summed E-state index contributed by atoms with van der Waals surface area (Å²) in [6.45, 7) is 5.13. The minimum atomic E-state index is 0.140. The van der Waals surface area contributed by atoms with Crippen molar-refractivity contribution in [3.8, 4) is 0 Å². The molecular weight excluding hydrogens is 166 g/mol. The lowest BCUT2D eigenvalue weighted by Crippen LogP contribution is -2.51. The highest BCUT2D eigenvalue weighted by atomic mass is 16.2. The summed E-state index contributed by atoms with van der Waals surface area (Å²) in [5, 5.41) is 2.82. The van der Waals surface area contributed by atoms with Gasteiger partial charge in [0.25, 0.3) is 0 Å². The standard InChI is InChI=1S/C9H19N3O/c1-2-8(3-4-10)12-6-5-11-9(13)7-12/h8H,2-7,10H2,1H3,(H,11,13). The Morgan fingerprint density at radius 1 is 1.69 bits per heavy atom. The Bertz CT molecular complexity index is 172. The van der Waals surface area contributed by atoms with Gasteiger partial charge in [0, 0.05) is 19.1 Å². The number of carbonyl (C=O) groups is 1. The van der Waals surface area contributed by atoms with E-state index in [0.29, 0.717) is 19.1 Å². The fourth-order valence-corrected chi connectivity index (χ4v) is 1.81. The van der Waals surface area contributed by atoms with Crippen molar-refractivity contribution in [1.29, 1.82) is 0 Å². The number of hydrogen-bond donors (Lipinski definition) is 2. The molecule has 1 saturated heterocycles. The molecule has 1 heterocycles. The zero-order chi connectivity index (χ0) is 9.68. The third kappa shape index (κ3) is 2.97. The second-order valence-electron chi connectivity index (χ2n) is 3.46. The summed E-state index contributed by atoms with van der Waals surface area (Å²) in [4.78, 5) is 13.3. The van der Waals surface area contributed by atoms with Gasteiger partial charge in [-0.05, 0) is 19.4 Å². The second-order valence-corrected chi connectivity index (χ2v) is 3.46. The van der Waals surface area contributed by atoms with Crippen molar-refractivity contribution in [2.24, 2.45) is 5.73 Å². The molecule has 0 aromatic carbocycles. The van der Waals surface area contributed by atoms with E-state index in [4.69, 9.17) is 5.73 Å². The minimum Gasteiger partial charge on any atom is -0.354 e. The molecule has 0 radical (unpaired) electrons. The molecule has 3 N–H and O–H groups in total. The molecule has 13 heavy (non-hydrogen) atoms. The van der Waals surface area contributed by atoms with Gasteiger partial charge in [-0.3, -0.25) is 9.69 Å². The Morgan fingerprint density at radius 2 is 2.46 bits per heavy atom. The minimum absolute atomic E-state index is 0.140. The normalized spacial score (nSPS) is 21.2. The molecule has 1 unspecified atom stereocenters. The van der Waals surface area contributed by atoms with Crippen LogP contribution in [0.3, 0.4) is 0 Å². The lowest BCUT2D eigenvalue weighted by Gasteiger charge is -2.33. The molecule has 1 fully saturated rings. The van der Waals surface area contributed by atoms with Crippen LogP contribution in [0.25, 0.3) is 0 Å². The first-order valence-corrected chi connectivity index (χ1v) is 4.98. The molecule has 1 aliphatic rings. The maximum Gasteiger partial charge on any atom is 0.234 e. The predicted octanol–water partition coefficient (Wildman–Crippen LogP) is -0.454. The number of rotatable bonds is 4. The zero-order valence-electron chi connectivity index (χ0n) is 8.25. The SMILES string of the molecule is CCC(CCN)N1CCNC(=O)C1. The maximum absolute atomic E-state index is 11.1. The molecule has 0 aliphatic carbocycles. The van der Waals surface area contributed by atoms with Gasteiger partial charge in [-0.2, -0.15) is 0 Å². The van der Waals surface area contributed by atoms with E-state index in [9.17, 15) is 4.79 Å². The van der Waals surface area contributed by atoms with Gasteiger partial charge in [0.05, 0.1) is 6.54 Å². The molecule has 76 valence electrons. The molecule has 0 spiro atoms. The molecule has 4 heteroatoms. The summed E-state index contributed by atoms with van der Waals surface area (Å²) in [7, 11) is 0. The lowest BCUT2D eigenvalue weighted by atomic mass is 10.1. The highest BCUT2D eigenvalue weighted by molar-refractivity contribution is 5.78. The van der Waals surface area contributed by atoms with Crippen LogP contribution in [0.5, 0.6) is 0 Å². The number of carbonyl (C=O) groups excluding carboxylic acids is 1. The first-order valence-electron chi connectivity index (χ1n) is 4.98. The number of nitrogens with zero attached hydrogens (tertiary/aromatic N) is 1. The van der Waals surface area contributed by atoms with Crippen LogP contribution in [0.4, 0.5) is 0 Å². The van der Waals surface area contributed by atoms with E-state index in [0.717, 1.165) is 25.9 Å². The Kier molecular flexibility index (Phi) is 4.18. The average Bonchev–Trinajstić information content (AvgIpc) is 2.14. The Hall–Kier alpha value is -0.610. The Balaban J connectivity index is 2.42. The molecule has 0 bridgehead atoms. The van der Waals surface area contributed by atoms with Gasteiger partial charge in [-0.1, -0.05) is 6.92 Å². The monoisotopic (exact) mass is 185 g/mol. The van der Waals surface area contributed by atoms with Crippen molar-refractivity contribution in [3.63, 3.8) is 0 Å². The number of nitrogens with one attached hydrogen (secondary N) is 1. The van der Waals surface area contributed by atoms with Crippen molar-refractivity contribution in [1.82, 2.24) is 10.2 Å². The third-order valence-corrected chi connectivity index (χ3v) is 2.56. The molecule has 0 aromatic rings. The highest BCUT2D eigenvalue weighted by Crippen LogP contribution is 2.08. The van der Waals surface area contributed by atoms with Crippen LogP contribution < -0.4 is 11.1 Å². The van der Waals surface area contributed by atoms with Crippen LogP contribution in [0.15, 0.2) is 0 Å². The van der Waals surface area contributed by atoms with Gasteiger partial charge in [-0.15, -0.1) is 0 Å². The summed E-state index contributed by atoms with van der Waals surface area (Å²) in [6, 6.07) is 0.482. The first kappa shape index (κ1) is 10.5. The van der Waals surface area contributed by atoms with E-state index < -0.39 is 0 Å². The lowest BCUT2D eigenvalue weighted by molar-refractivity contribution is -0.124. The topological polar surface area (TPSA) is 58.4 Å². The summed E-state index contributed by atoms with van der Waals surface area (Å²) in [5.74, 6) is 0.140. The molecule has 1 aliphatic heterocycles. The Morgan fingerprint density at radius 3 is 3.00 bits per heavy atom. The van der Waals surface area contributed by atoms with E-state index in [2.05, 4.69) is 17.1 Å². The summed E-state index contributed by atoms with van der Waals surface area (Å²) in [6.07, 6.45) is 2.06. The molecule has 1 rings (SSSR count). The van der Waals surface area contributed by atoms with E-state index in [-0.39, 0.29) is 5.91 Å². The van der Waals surface area contributed by atoms with Gasteiger partial charge in [0.2, 0.25) is 5.91 Å². The van der Waals surface area contributed by atoms with Crippen LogP contribution in [-0.2, 0) is 4.79 Å². The predicted molar refractivity (Wildman–Crippen MR) is 52.3 cm³/mol. The van der Waals surface area contributed by atoms with Gasteiger partial charge < -0.3 is 11.1 Å². The van der Waals surface area contributed by atoms with Crippen LogP contribution in [-0.4, -0.2) is 43.0 Å². The van der Waals surface area contributed by atoms with E-state index in [1.165, 1.54) is 0 Å². The average molecular weight is 185 g/mol. The van der Waals surface area contributed by atoms with E-state index >= 15 is 0 Å². The number of hydrogen-bond acceptors (Lipinski definition) is 3. The second kappa shape index (κ2) is 5.19. The molecular formula is C9H19N3O. The van der Waals surface area contributed by atoms with E-state index in [1.807, 2.05) is 0 Å². The van der Waals surface area contributed by atoms with Gasteiger partial charge >= 0.3 is 0 Å². The largest absolute Gasteiger partial charge is 0.354 e. The molecule has 1 atom stereocenters. The van der Waals surface area contributed by atoms with E-state index in [1.54, 1.807) is 0 Å². The first-order chi connectivity index (χ1) is 6.27. The van der Waals surface area contributed by atoms with Crippen LogP contribution in [0.1, 0.15) is 19.8 Å². The van der Waals surface area contributed by atoms with Crippen LogP contribution >= 0.6 is 0 Å². The quantitative estimate of drug-likeness (QED) is 0.623. The number of piperazine rings is 1. The molecule has 0 saturated carbocycles. The smallest absolute Gasteiger partial charge is 0.234 e. The van der Waals surface area contributed by atoms with Crippen molar-refractivity contribution < 1.29 is 4.79 Å². The summed E-state index contributed by atoms with van der Waals surface area (Å²) < 4.78 is 0. The summed E-state index contributed by atoms with van der Waals surface area (Å²) >= 11 is 0. The van der Waals surface area contributed by atoms with Gasteiger partial charge in [-0.25, -0.2) is 0 Å². The van der Waals surface area contributed by atoms with Crippen molar-refractivity contribution >= 4 is 5.91 Å².